The van der Waals surface area contributed by atoms with Gasteiger partial charge in [-0.1, -0.05) is 6.92 Å². The maximum absolute atomic E-state index is 12.3. The summed E-state index contributed by atoms with van der Waals surface area (Å²) in [4.78, 5) is 20.4. The molecule has 0 saturated heterocycles. The molecule has 3 heterocycles. The lowest BCUT2D eigenvalue weighted by molar-refractivity contribution is -0.119. The molecule has 8 heteroatoms. The Morgan fingerprint density at radius 3 is 3.20 bits per heavy atom. The summed E-state index contributed by atoms with van der Waals surface area (Å²) in [5, 5.41) is 13.7. The van der Waals surface area contributed by atoms with E-state index in [4.69, 9.17) is 0 Å². The summed E-state index contributed by atoms with van der Waals surface area (Å²) < 4.78 is 1.53. The number of pyridine rings is 1. The molecule has 3 aromatic heterocycles. The Balaban J connectivity index is 1.85. The SMILES string of the molecule is CCC(C(=O)Nc1n[nH]c2cccnc12)n1cncn1. The number of aromatic nitrogens is 6. The topological polar surface area (TPSA) is 101 Å². The van der Waals surface area contributed by atoms with Gasteiger partial charge in [0.2, 0.25) is 0 Å². The zero-order valence-corrected chi connectivity index (χ0v) is 10.8. The van der Waals surface area contributed by atoms with Gasteiger partial charge in [-0.15, -0.1) is 0 Å². The molecule has 3 rings (SSSR count). The van der Waals surface area contributed by atoms with Gasteiger partial charge in [0, 0.05) is 6.20 Å². The maximum atomic E-state index is 12.3. The average Bonchev–Trinajstić information content (AvgIpc) is 3.10. The van der Waals surface area contributed by atoms with Gasteiger partial charge in [0.25, 0.3) is 5.91 Å². The van der Waals surface area contributed by atoms with Gasteiger partial charge in [-0.05, 0) is 18.6 Å². The van der Waals surface area contributed by atoms with E-state index < -0.39 is 6.04 Å². The molecule has 0 bridgehead atoms. The quantitative estimate of drug-likeness (QED) is 0.741. The van der Waals surface area contributed by atoms with Crippen molar-refractivity contribution in [3.8, 4) is 0 Å². The van der Waals surface area contributed by atoms with Crippen LogP contribution >= 0.6 is 0 Å². The van der Waals surface area contributed by atoms with Crippen LogP contribution in [0.3, 0.4) is 0 Å². The Morgan fingerprint density at radius 2 is 2.45 bits per heavy atom. The zero-order chi connectivity index (χ0) is 13.9. The number of nitrogens with zero attached hydrogens (tertiary/aromatic N) is 5. The summed E-state index contributed by atoms with van der Waals surface area (Å²) in [7, 11) is 0. The number of fused-ring (bicyclic) bond motifs is 1. The van der Waals surface area contributed by atoms with E-state index in [1.54, 1.807) is 12.3 Å². The monoisotopic (exact) mass is 271 g/mol. The predicted molar refractivity (Wildman–Crippen MR) is 71.9 cm³/mol. The van der Waals surface area contributed by atoms with Gasteiger partial charge in [-0.3, -0.25) is 14.9 Å². The van der Waals surface area contributed by atoms with Crippen molar-refractivity contribution >= 4 is 22.8 Å². The third-order valence-corrected chi connectivity index (χ3v) is 3.01. The zero-order valence-electron chi connectivity index (χ0n) is 10.8. The minimum absolute atomic E-state index is 0.197. The molecule has 3 aromatic rings. The first-order valence-electron chi connectivity index (χ1n) is 6.23. The Bertz CT molecular complexity index is 718. The number of hydrogen-bond acceptors (Lipinski definition) is 5. The van der Waals surface area contributed by atoms with Crippen LogP contribution in [0.2, 0.25) is 0 Å². The molecule has 0 fully saturated rings. The largest absolute Gasteiger partial charge is 0.306 e. The van der Waals surface area contributed by atoms with Crippen LogP contribution in [-0.2, 0) is 4.79 Å². The number of anilines is 1. The molecule has 0 aliphatic rings. The molecular weight excluding hydrogens is 258 g/mol. The van der Waals surface area contributed by atoms with Crippen molar-refractivity contribution in [3.63, 3.8) is 0 Å². The van der Waals surface area contributed by atoms with Crippen LogP contribution in [0.1, 0.15) is 19.4 Å². The van der Waals surface area contributed by atoms with Gasteiger partial charge in [0.05, 0.1) is 5.52 Å². The lowest BCUT2D eigenvalue weighted by atomic mass is 10.2. The van der Waals surface area contributed by atoms with Crippen molar-refractivity contribution in [3.05, 3.63) is 31.0 Å². The third-order valence-electron chi connectivity index (χ3n) is 3.01. The van der Waals surface area contributed by atoms with E-state index in [1.165, 1.54) is 17.3 Å². The Labute approximate surface area is 114 Å². The van der Waals surface area contributed by atoms with Crippen molar-refractivity contribution in [1.82, 2.24) is 29.9 Å². The first-order valence-corrected chi connectivity index (χ1v) is 6.23. The first-order chi connectivity index (χ1) is 9.79. The second-order valence-electron chi connectivity index (χ2n) is 4.26. The molecule has 0 spiro atoms. The van der Waals surface area contributed by atoms with Crippen LogP contribution in [0.5, 0.6) is 0 Å². The predicted octanol–water partition coefficient (Wildman–Crippen LogP) is 1.14. The minimum Gasteiger partial charge on any atom is -0.306 e. The summed E-state index contributed by atoms with van der Waals surface area (Å²) in [5.74, 6) is 0.223. The Kier molecular flexibility index (Phi) is 3.12. The van der Waals surface area contributed by atoms with E-state index in [0.717, 1.165) is 5.52 Å². The van der Waals surface area contributed by atoms with Crippen LogP contribution < -0.4 is 5.32 Å². The number of carbonyl (C=O) groups is 1. The van der Waals surface area contributed by atoms with Crippen molar-refractivity contribution in [2.75, 3.05) is 5.32 Å². The lowest BCUT2D eigenvalue weighted by Crippen LogP contribution is -2.26. The van der Waals surface area contributed by atoms with E-state index in [2.05, 4.69) is 30.6 Å². The molecular formula is C12H13N7O. The minimum atomic E-state index is -0.423. The molecule has 0 aliphatic heterocycles. The number of amides is 1. The van der Waals surface area contributed by atoms with Gasteiger partial charge in [-0.25, -0.2) is 9.67 Å². The second-order valence-corrected chi connectivity index (χ2v) is 4.26. The number of nitrogens with one attached hydrogen (secondary N) is 2. The lowest BCUT2D eigenvalue weighted by Gasteiger charge is -2.13. The highest BCUT2D eigenvalue weighted by atomic mass is 16.2. The van der Waals surface area contributed by atoms with Gasteiger partial charge in [-0.2, -0.15) is 10.2 Å². The van der Waals surface area contributed by atoms with Crippen molar-refractivity contribution in [1.29, 1.82) is 0 Å². The summed E-state index contributed by atoms with van der Waals surface area (Å²) in [6.07, 6.45) is 5.18. The van der Waals surface area contributed by atoms with Crippen LogP contribution in [0, 0.1) is 0 Å². The number of H-pyrrole nitrogens is 1. The number of carbonyl (C=O) groups excluding carboxylic acids is 1. The highest BCUT2D eigenvalue weighted by Gasteiger charge is 2.21. The molecule has 1 atom stereocenters. The van der Waals surface area contributed by atoms with E-state index in [1.807, 2.05) is 13.0 Å². The average molecular weight is 271 g/mol. The van der Waals surface area contributed by atoms with Crippen molar-refractivity contribution < 1.29 is 4.79 Å². The van der Waals surface area contributed by atoms with Crippen molar-refractivity contribution in [2.24, 2.45) is 0 Å². The van der Waals surface area contributed by atoms with Crippen LogP contribution in [0.25, 0.3) is 11.0 Å². The molecule has 20 heavy (non-hydrogen) atoms. The molecule has 0 aromatic carbocycles. The summed E-state index contributed by atoms with van der Waals surface area (Å²) in [6, 6.07) is 3.23. The Hall–Kier alpha value is -2.77. The van der Waals surface area contributed by atoms with Crippen LogP contribution in [0.15, 0.2) is 31.0 Å². The molecule has 102 valence electrons. The van der Waals surface area contributed by atoms with E-state index in [0.29, 0.717) is 17.8 Å². The summed E-state index contributed by atoms with van der Waals surface area (Å²) in [5.41, 5.74) is 1.41. The summed E-state index contributed by atoms with van der Waals surface area (Å²) >= 11 is 0. The van der Waals surface area contributed by atoms with Gasteiger partial charge >= 0.3 is 0 Å². The molecule has 0 radical (unpaired) electrons. The molecule has 0 saturated carbocycles. The normalized spacial score (nSPS) is 12.4. The molecule has 2 N–H and O–H groups in total. The molecule has 8 nitrogen and oxygen atoms in total. The molecule has 0 aliphatic carbocycles. The third kappa shape index (κ3) is 2.11. The van der Waals surface area contributed by atoms with Gasteiger partial charge < -0.3 is 5.32 Å². The number of hydrogen-bond donors (Lipinski definition) is 2. The van der Waals surface area contributed by atoms with Gasteiger partial charge in [0.1, 0.15) is 24.2 Å². The molecule has 1 amide bonds. The fourth-order valence-electron chi connectivity index (χ4n) is 2.01. The van der Waals surface area contributed by atoms with E-state index >= 15 is 0 Å². The van der Waals surface area contributed by atoms with Crippen LogP contribution in [0.4, 0.5) is 5.82 Å². The maximum Gasteiger partial charge on any atom is 0.250 e. The number of aromatic amines is 1. The van der Waals surface area contributed by atoms with Gasteiger partial charge in [0.15, 0.2) is 5.82 Å². The molecule has 1 unspecified atom stereocenters. The fourth-order valence-corrected chi connectivity index (χ4v) is 2.01. The first kappa shape index (κ1) is 12.3. The Morgan fingerprint density at radius 1 is 1.55 bits per heavy atom. The summed E-state index contributed by atoms with van der Waals surface area (Å²) in [6.45, 7) is 1.91. The standard InChI is InChI=1S/C12H13N7O/c1-2-9(19-7-13-6-15-19)12(20)16-11-10-8(17-18-11)4-3-5-14-10/h3-7,9H,2H2,1H3,(H2,16,17,18,20). The van der Waals surface area contributed by atoms with E-state index in [-0.39, 0.29) is 5.91 Å². The smallest absolute Gasteiger partial charge is 0.250 e. The van der Waals surface area contributed by atoms with Crippen LogP contribution in [-0.4, -0.2) is 35.9 Å². The highest BCUT2D eigenvalue weighted by Crippen LogP contribution is 2.19. The van der Waals surface area contributed by atoms with Crippen molar-refractivity contribution in [2.45, 2.75) is 19.4 Å². The number of rotatable bonds is 4. The second kappa shape index (κ2) is 5.08. The fraction of sp³-hybridized carbons (Fsp3) is 0.250. The van der Waals surface area contributed by atoms with E-state index in [9.17, 15) is 4.79 Å². The highest BCUT2D eigenvalue weighted by molar-refractivity contribution is 5.99.